The number of halogens is 3. The molecule has 0 saturated carbocycles. The van der Waals surface area contributed by atoms with Crippen molar-refractivity contribution in [2.24, 2.45) is 4.99 Å². The number of nitrogens with zero attached hydrogens (tertiary/aromatic N) is 4. The molecule has 0 bridgehead atoms. The maximum Gasteiger partial charge on any atom is 0.435 e. The van der Waals surface area contributed by atoms with Crippen molar-refractivity contribution in [1.82, 2.24) is 15.0 Å². The molecule has 0 aliphatic carbocycles. The number of carbonyl (C=O) groups is 1. The summed E-state index contributed by atoms with van der Waals surface area (Å²) < 4.78 is 62.3. The number of hydrogen-bond donors (Lipinski definition) is 0. The predicted octanol–water partition coefficient (Wildman–Crippen LogP) is 6.05. The topological polar surface area (TPSA) is 99.3 Å². The van der Waals surface area contributed by atoms with Crippen LogP contribution in [0, 0.1) is 0 Å². The molecule has 1 aliphatic rings. The zero-order chi connectivity index (χ0) is 27.2. The number of likely N-dealkylation sites (tertiary alicyclic amines) is 1. The van der Waals surface area contributed by atoms with Crippen LogP contribution in [0.4, 0.5) is 18.0 Å². The lowest BCUT2D eigenvalue weighted by Crippen LogP contribution is -2.30. The summed E-state index contributed by atoms with van der Waals surface area (Å²) in [6, 6.07) is 3.34. The zero-order valence-electron chi connectivity index (χ0n) is 21.7. The highest BCUT2D eigenvalue weighted by Crippen LogP contribution is 2.39. The van der Waals surface area contributed by atoms with Gasteiger partial charge in [0.2, 0.25) is 11.7 Å². The van der Waals surface area contributed by atoms with Gasteiger partial charge < -0.3 is 23.6 Å². The molecular weight excluding hydrogens is 493 g/mol. The molecule has 1 aromatic carbocycles. The van der Waals surface area contributed by atoms with Crippen LogP contribution >= 0.6 is 0 Å². The van der Waals surface area contributed by atoms with E-state index in [9.17, 15) is 18.0 Å². The molecule has 9 nitrogen and oxygen atoms in total. The minimum Gasteiger partial charge on any atom is -0.493 e. The minimum absolute atomic E-state index is 0.0285. The number of alkyl halides is 3. The SMILES string of the molecule is COCCCCOc1ccc(-c2noc([C@@H]3CCCN3/C(C)=N\C(=O)OC(C)(C)C)n2)cc1C(F)(F)F. The molecule has 0 radical (unpaired) electrons. The first kappa shape index (κ1) is 28.4. The number of benzene rings is 1. The normalized spacial score (nSPS) is 16.8. The van der Waals surface area contributed by atoms with Gasteiger partial charge in [-0.1, -0.05) is 5.16 Å². The highest BCUT2D eigenvalue weighted by Gasteiger charge is 2.36. The van der Waals surface area contributed by atoms with Crippen LogP contribution in [-0.2, 0) is 15.7 Å². The second kappa shape index (κ2) is 11.9. The molecular formula is C25H33F3N4O5. The van der Waals surface area contributed by atoms with E-state index < -0.39 is 23.4 Å². The minimum atomic E-state index is -4.62. The number of aromatic nitrogens is 2. The molecule has 3 rings (SSSR count). The summed E-state index contributed by atoms with van der Waals surface area (Å²) in [5, 5.41) is 3.92. The average Bonchev–Trinajstić information content (AvgIpc) is 3.46. The Morgan fingerprint density at radius 1 is 1.22 bits per heavy atom. The van der Waals surface area contributed by atoms with Crippen molar-refractivity contribution in [2.75, 3.05) is 26.9 Å². The Morgan fingerprint density at radius 2 is 1.95 bits per heavy atom. The molecule has 12 heteroatoms. The predicted molar refractivity (Wildman–Crippen MR) is 129 cm³/mol. The van der Waals surface area contributed by atoms with Crippen LogP contribution in [-0.4, -0.2) is 59.4 Å². The number of methoxy groups -OCH3 is 1. The zero-order valence-corrected chi connectivity index (χ0v) is 21.7. The maximum atomic E-state index is 13.8. The standard InChI is InChI=1S/C25H33F3N4O5/c1-16(29-23(33)36-24(2,3)4)32-12-8-9-19(32)22-30-21(31-37-22)17-10-11-20(18(15-17)25(26,27)28)35-14-7-6-13-34-5/h10-11,15,19H,6-9,12-14H2,1-5H3/b29-16-/t19-/m0/s1. The van der Waals surface area contributed by atoms with E-state index in [-0.39, 0.29) is 35.7 Å². The first-order valence-corrected chi connectivity index (χ1v) is 12.1. The Balaban J connectivity index is 1.78. The molecule has 1 aliphatic heterocycles. The molecule has 0 N–H and O–H groups in total. The van der Waals surface area contributed by atoms with Crippen LogP contribution in [0.15, 0.2) is 27.7 Å². The highest BCUT2D eigenvalue weighted by atomic mass is 19.4. The third-order valence-electron chi connectivity index (χ3n) is 5.59. The summed E-state index contributed by atoms with van der Waals surface area (Å²) in [4.78, 5) is 22.4. The lowest BCUT2D eigenvalue weighted by Gasteiger charge is -2.24. The fraction of sp³-hybridized carbons (Fsp3) is 0.600. The van der Waals surface area contributed by atoms with Gasteiger partial charge in [-0.25, -0.2) is 4.79 Å². The van der Waals surface area contributed by atoms with Gasteiger partial charge in [0.1, 0.15) is 23.2 Å². The smallest absolute Gasteiger partial charge is 0.435 e. The lowest BCUT2D eigenvalue weighted by atomic mass is 10.1. The summed E-state index contributed by atoms with van der Waals surface area (Å²) in [6.07, 6.45) is -2.63. The summed E-state index contributed by atoms with van der Waals surface area (Å²) in [5.41, 5.74) is -1.43. The summed E-state index contributed by atoms with van der Waals surface area (Å²) in [7, 11) is 1.56. The van der Waals surface area contributed by atoms with Crippen molar-refractivity contribution in [3.63, 3.8) is 0 Å². The number of ether oxygens (including phenoxy) is 3. The third kappa shape index (κ3) is 7.91. The van der Waals surface area contributed by atoms with Crippen molar-refractivity contribution < 1.29 is 36.7 Å². The lowest BCUT2D eigenvalue weighted by molar-refractivity contribution is -0.138. The number of carbonyl (C=O) groups excluding carboxylic acids is 1. The molecule has 1 saturated heterocycles. The van der Waals surface area contributed by atoms with Crippen molar-refractivity contribution in [3.8, 4) is 17.1 Å². The largest absolute Gasteiger partial charge is 0.493 e. The average molecular weight is 527 g/mol. The fourth-order valence-corrected chi connectivity index (χ4v) is 3.93. The molecule has 2 heterocycles. The quantitative estimate of drug-likeness (QED) is 0.233. The van der Waals surface area contributed by atoms with E-state index in [1.54, 1.807) is 34.8 Å². The monoisotopic (exact) mass is 526 g/mol. The number of rotatable bonds is 8. The highest BCUT2D eigenvalue weighted by molar-refractivity contribution is 5.90. The van der Waals surface area contributed by atoms with E-state index >= 15 is 0 Å². The van der Waals surface area contributed by atoms with Crippen molar-refractivity contribution in [1.29, 1.82) is 0 Å². The van der Waals surface area contributed by atoms with Crippen LogP contribution in [0.3, 0.4) is 0 Å². The Bertz CT molecular complexity index is 1090. The van der Waals surface area contributed by atoms with Crippen molar-refractivity contribution >= 4 is 11.9 Å². The van der Waals surface area contributed by atoms with E-state index in [2.05, 4.69) is 15.1 Å². The van der Waals surface area contributed by atoms with Crippen molar-refractivity contribution in [3.05, 3.63) is 29.7 Å². The third-order valence-corrected chi connectivity index (χ3v) is 5.59. The van der Waals surface area contributed by atoms with Crippen LogP contribution in [0.2, 0.25) is 0 Å². The Morgan fingerprint density at radius 3 is 2.62 bits per heavy atom. The first-order valence-electron chi connectivity index (χ1n) is 12.1. The molecule has 1 atom stereocenters. The van der Waals surface area contributed by atoms with Gasteiger partial charge in [-0.05, 0) is 71.6 Å². The summed E-state index contributed by atoms with van der Waals surface area (Å²) in [6.45, 7) is 8.19. The molecule has 1 fully saturated rings. The summed E-state index contributed by atoms with van der Waals surface area (Å²) >= 11 is 0. The second-order valence-corrected chi connectivity index (χ2v) is 9.70. The van der Waals surface area contributed by atoms with Crippen LogP contribution in [0.25, 0.3) is 11.4 Å². The van der Waals surface area contributed by atoms with Gasteiger partial charge in [0.05, 0.1) is 12.2 Å². The van der Waals surface area contributed by atoms with Crippen LogP contribution < -0.4 is 4.74 Å². The van der Waals surface area contributed by atoms with E-state index in [1.165, 1.54) is 12.1 Å². The van der Waals surface area contributed by atoms with Gasteiger partial charge in [0.25, 0.3) is 0 Å². The first-order chi connectivity index (χ1) is 17.4. The molecule has 1 amide bonds. The number of hydrogen-bond acceptors (Lipinski definition) is 7. The molecule has 0 unspecified atom stereocenters. The number of amides is 1. The van der Waals surface area contributed by atoms with Gasteiger partial charge >= 0.3 is 12.3 Å². The van der Waals surface area contributed by atoms with Gasteiger partial charge in [-0.3, -0.25) is 0 Å². The van der Waals surface area contributed by atoms with Crippen molar-refractivity contribution in [2.45, 2.75) is 71.2 Å². The molecule has 1 aromatic heterocycles. The number of amidine groups is 1. The Hall–Kier alpha value is -3.15. The Kier molecular flexibility index (Phi) is 9.16. The number of unbranched alkanes of at least 4 members (excludes halogenated alkanes) is 1. The summed E-state index contributed by atoms with van der Waals surface area (Å²) in [5.74, 6) is 0.440. The molecule has 0 spiro atoms. The van der Waals surface area contributed by atoms with Gasteiger partial charge in [0, 0.05) is 25.8 Å². The van der Waals surface area contributed by atoms with Gasteiger partial charge in [-0.2, -0.15) is 23.1 Å². The Labute approximate surface area is 214 Å². The maximum absolute atomic E-state index is 13.8. The molecule has 37 heavy (non-hydrogen) atoms. The van der Waals surface area contributed by atoms with Gasteiger partial charge in [-0.15, -0.1) is 0 Å². The molecule has 2 aromatic rings. The van der Waals surface area contributed by atoms with E-state index in [0.29, 0.717) is 38.2 Å². The molecule has 204 valence electrons. The van der Waals surface area contributed by atoms with Gasteiger partial charge in [0.15, 0.2) is 0 Å². The second-order valence-electron chi connectivity index (χ2n) is 9.70. The fourth-order valence-electron chi connectivity index (χ4n) is 3.93. The number of aliphatic imine (C=N–C) groups is 1. The van der Waals surface area contributed by atoms with Crippen LogP contribution in [0.5, 0.6) is 5.75 Å². The van der Waals surface area contributed by atoms with E-state index in [1.807, 2.05) is 4.90 Å². The van der Waals surface area contributed by atoms with E-state index in [4.69, 9.17) is 18.7 Å². The van der Waals surface area contributed by atoms with Crippen LogP contribution in [0.1, 0.15) is 70.9 Å². The van der Waals surface area contributed by atoms with E-state index in [0.717, 1.165) is 12.5 Å².